The number of rotatable bonds is 2. The summed E-state index contributed by atoms with van der Waals surface area (Å²) in [5, 5.41) is 0. The van der Waals surface area contributed by atoms with Crippen molar-refractivity contribution in [2.45, 2.75) is 18.9 Å². The van der Waals surface area contributed by atoms with Crippen LogP contribution < -0.4 is 4.90 Å². The second-order valence-electron chi connectivity index (χ2n) is 5.62. The van der Waals surface area contributed by atoms with Crippen LogP contribution in [0, 0.1) is 5.92 Å². The topological polar surface area (TPSA) is 58.6 Å². The van der Waals surface area contributed by atoms with Gasteiger partial charge in [0.25, 0.3) is 0 Å². The minimum Gasteiger partial charge on any atom is -0.465 e. The molecule has 1 aromatic rings. The van der Waals surface area contributed by atoms with Crippen molar-refractivity contribution in [2.24, 2.45) is 5.92 Å². The fourth-order valence-corrected chi connectivity index (χ4v) is 3.24. The monoisotopic (exact) mass is 276 g/mol. The van der Waals surface area contributed by atoms with E-state index in [1.807, 2.05) is 0 Å². The predicted molar refractivity (Wildman–Crippen MR) is 74.7 cm³/mol. The highest BCUT2D eigenvalue weighted by Gasteiger charge is 2.38. The molecule has 3 heterocycles. The molecule has 1 aromatic heterocycles. The molecule has 6 nitrogen and oxygen atoms in total. The fourth-order valence-electron chi connectivity index (χ4n) is 3.24. The van der Waals surface area contributed by atoms with Crippen molar-refractivity contribution >= 4 is 11.9 Å². The maximum atomic E-state index is 11.4. The fraction of sp³-hybridized carbons (Fsp3) is 0.643. The van der Waals surface area contributed by atoms with Crippen LogP contribution in [0.2, 0.25) is 0 Å². The molecule has 2 saturated heterocycles. The molecule has 2 aliphatic heterocycles. The van der Waals surface area contributed by atoms with Crippen LogP contribution in [-0.4, -0.2) is 60.7 Å². The number of carbonyl (C=O) groups excluding carboxylic acids is 1. The van der Waals surface area contributed by atoms with E-state index in [9.17, 15) is 4.79 Å². The van der Waals surface area contributed by atoms with E-state index in [1.54, 1.807) is 12.4 Å². The first-order chi connectivity index (χ1) is 9.69. The lowest BCUT2D eigenvalue weighted by molar-refractivity contribution is 0.0600. The standard InChI is InChI=1S/C14H20N4O2/c1-17-5-3-10-4-6-18(12(10)9-17)14-15-7-11(8-16-14)13(19)20-2/h7-8,10,12H,3-6,9H2,1-2H3. The number of ether oxygens (including phenoxy) is 1. The molecular weight excluding hydrogens is 256 g/mol. The zero-order valence-corrected chi connectivity index (χ0v) is 12.0. The van der Waals surface area contributed by atoms with Crippen molar-refractivity contribution in [3.8, 4) is 0 Å². The second kappa shape index (κ2) is 5.36. The van der Waals surface area contributed by atoms with Gasteiger partial charge in [0.1, 0.15) is 0 Å². The van der Waals surface area contributed by atoms with E-state index in [1.165, 1.54) is 26.5 Å². The smallest absolute Gasteiger partial charge is 0.341 e. The lowest BCUT2D eigenvalue weighted by atomic mass is 9.92. The molecule has 108 valence electrons. The Balaban J connectivity index is 1.77. The van der Waals surface area contributed by atoms with Crippen LogP contribution in [0.15, 0.2) is 12.4 Å². The van der Waals surface area contributed by atoms with E-state index in [2.05, 4.69) is 31.6 Å². The molecule has 0 radical (unpaired) electrons. The second-order valence-corrected chi connectivity index (χ2v) is 5.62. The number of nitrogens with zero attached hydrogens (tertiary/aromatic N) is 4. The van der Waals surface area contributed by atoms with Crippen molar-refractivity contribution in [2.75, 3.05) is 38.7 Å². The molecule has 2 aliphatic rings. The minimum absolute atomic E-state index is 0.395. The average molecular weight is 276 g/mol. The Hall–Kier alpha value is -1.69. The van der Waals surface area contributed by atoms with Gasteiger partial charge in [-0.05, 0) is 32.4 Å². The van der Waals surface area contributed by atoms with Crippen LogP contribution in [0.25, 0.3) is 0 Å². The maximum Gasteiger partial charge on any atom is 0.341 e. The molecule has 3 rings (SSSR count). The maximum absolute atomic E-state index is 11.4. The molecule has 6 heteroatoms. The number of esters is 1. The van der Waals surface area contributed by atoms with Gasteiger partial charge in [-0.2, -0.15) is 0 Å². The first-order valence-corrected chi connectivity index (χ1v) is 7.04. The number of methoxy groups -OCH3 is 1. The lowest BCUT2D eigenvalue weighted by Crippen LogP contribution is -2.47. The Morgan fingerprint density at radius 3 is 2.70 bits per heavy atom. The summed E-state index contributed by atoms with van der Waals surface area (Å²) in [5.41, 5.74) is 0.396. The van der Waals surface area contributed by atoms with Gasteiger partial charge in [-0.25, -0.2) is 14.8 Å². The molecule has 0 aromatic carbocycles. The van der Waals surface area contributed by atoms with Crippen LogP contribution in [0.4, 0.5) is 5.95 Å². The van der Waals surface area contributed by atoms with Gasteiger partial charge in [0.05, 0.1) is 12.7 Å². The number of carbonyl (C=O) groups is 1. The molecule has 0 saturated carbocycles. The molecule has 0 spiro atoms. The Kier molecular flexibility index (Phi) is 3.56. The van der Waals surface area contributed by atoms with E-state index in [4.69, 9.17) is 0 Å². The van der Waals surface area contributed by atoms with E-state index in [0.717, 1.165) is 25.0 Å². The lowest BCUT2D eigenvalue weighted by Gasteiger charge is -2.36. The first-order valence-electron chi connectivity index (χ1n) is 7.04. The number of fused-ring (bicyclic) bond motifs is 1. The third kappa shape index (κ3) is 2.35. The average Bonchev–Trinajstić information content (AvgIpc) is 2.89. The van der Waals surface area contributed by atoms with Gasteiger partial charge in [-0.3, -0.25) is 0 Å². The molecule has 0 N–H and O–H groups in total. The number of hydrogen-bond donors (Lipinski definition) is 0. The minimum atomic E-state index is -0.395. The van der Waals surface area contributed by atoms with E-state index < -0.39 is 5.97 Å². The Morgan fingerprint density at radius 2 is 2.00 bits per heavy atom. The van der Waals surface area contributed by atoms with Gasteiger partial charge in [-0.15, -0.1) is 0 Å². The van der Waals surface area contributed by atoms with Gasteiger partial charge < -0.3 is 14.5 Å². The molecule has 20 heavy (non-hydrogen) atoms. The summed E-state index contributed by atoms with van der Waals surface area (Å²) >= 11 is 0. The molecule has 0 bridgehead atoms. The summed E-state index contributed by atoms with van der Waals surface area (Å²) in [5.74, 6) is 1.07. The van der Waals surface area contributed by atoms with Crippen molar-refractivity contribution < 1.29 is 9.53 Å². The van der Waals surface area contributed by atoms with Gasteiger partial charge in [0.15, 0.2) is 0 Å². The number of aromatic nitrogens is 2. The van der Waals surface area contributed by atoms with E-state index in [-0.39, 0.29) is 0 Å². The van der Waals surface area contributed by atoms with E-state index in [0.29, 0.717) is 11.6 Å². The summed E-state index contributed by atoms with van der Waals surface area (Å²) in [6, 6.07) is 0.498. The highest BCUT2D eigenvalue weighted by molar-refractivity contribution is 5.88. The van der Waals surface area contributed by atoms with Crippen molar-refractivity contribution in [3.63, 3.8) is 0 Å². The zero-order chi connectivity index (χ0) is 14.1. The summed E-state index contributed by atoms with van der Waals surface area (Å²) < 4.78 is 4.66. The number of piperidine rings is 1. The zero-order valence-electron chi connectivity index (χ0n) is 12.0. The van der Waals surface area contributed by atoms with Crippen LogP contribution in [0.5, 0.6) is 0 Å². The number of anilines is 1. The Labute approximate surface area is 118 Å². The van der Waals surface area contributed by atoms with Crippen LogP contribution in [0.3, 0.4) is 0 Å². The number of likely N-dealkylation sites (N-methyl/N-ethyl adjacent to an activating group) is 1. The van der Waals surface area contributed by atoms with Gasteiger partial charge in [0, 0.05) is 31.5 Å². The molecule has 2 unspecified atom stereocenters. The third-order valence-electron chi connectivity index (χ3n) is 4.38. The van der Waals surface area contributed by atoms with Crippen LogP contribution >= 0.6 is 0 Å². The Morgan fingerprint density at radius 1 is 1.30 bits per heavy atom. The van der Waals surface area contributed by atoms with Gasteiger partial charge in [-0.1, -0.05) is 0 Å². The summed E-state index contributed by atoms with van der Waals surface area (Å²) in [4.78, 5) is 24.7. The Bertz CT molecular complexity index is 490. The molecule has 0 amide bonds. The molecule has 0 aliphatic carbocycles. The van der Waals surface area contributed by atoms with Crippen molar-refractivity contribution in [1.29, 1.82) is 0 Å². The summed E-state index contributed by atoms with van der Waals surface area (Å²) in [6.45, 7) is 3.24. The normalized spacial score (nSPS) is 26.4. The number of likely N-dealkylation sites (tertiary alicyclic amines) is 1. The highest BCUT2D eigenvalue weighted by atomic mass is 16.5. The van der Waals surface area contributed by atoms with Gasteiger partial charge in [0.2, 0.25) is 5.95 Å². The van der Waals surface area contributed by atoms with Gasteiger partial charge >= 0.3 is 5.97 Å². The number of hydrogen-bond acceptors (Lipinski definition) is 6. The summed E-state index contributed by atoms with van der Waals surface area (Å²) in [6.07, 6.45) is 5.56. The molecular formula is C14H20N4O2. The quantitative estimate of drug-likeness (QED) is 0.745. The third-order valence-corrected chi connectivity index (χ3v) is 4.38. The van der Waals surface area contributed by atoms with E-state index >= 15 is 0 Å². The van der Waals surface area contributed by atoms with Crippen LogP contribution in [-0.2, 0) is 4.74 Å². The largest absolute Gasteiger partial charge is 0.465 e. The predicted octanol–water partition coefficient (Wildman–Crippen LogP) is 0.794. The first kappa shape index (κ1) is 13.3. The SMILES string of the molecule is COC(=O)c1cnc(N2CCC3CCN(C)CC32)nc1. The van der Waals surface area contributed by atoms with Crippen molar-refractivity contribution in [3.05, 3.63) is 18.0 Å². The van der Waals surface area contributed by atoms with Crippen molar-refractivity contribution in [1.82, 2.24) is 14.9 Å². The highest BCUT2D eigenvalue weighted by Crippen LogP contribution is 2.33. The molecule has 2 atom stereocenters. The molecule has 2 fully saturated rings. The van der Waals surface area contributed by atoms with Crippen LogP contribution in [0.1, 0.15) is 23.2 Å². The summed E-state index contributed by atoms with van der Waals surface area (Å²) in [7, 11) is 3.52.